The van der Waals surface area contributed by atoms with Crippen molar-refractivity contribution < 1.29 is 4.39 Å². The van der Waals surface area contributed by atoms with Crippen LogP contribution in [-0.2, 0) is 6.54 Å². The van der Waals surface area contributed by atoms with E-state index in [4.69, 9.17) is 11.6 Å². The molecule has 0 aliphatic rings. The molecule has 2 aromatic rings. The largest absolute Gasteiger partial charge is 0.306 e. The lowest BCUT2D eigenvalue weighted by Gasteiger charge is -2.15. The van der Waals surface area contributed by atoms with E-state index < -0.39 is 0 Å². The standard InChI is InChI=1S/C16H17ClFN/c1-11-8-13(6-7-16(11)18)10-19-12(2)14-4-3-5-15(17)9-14/h3-9,12,19H,10H2,1-2H3/t12-/m1/s1. The van der Waals surface area contributed by atoms with Crippen LogP contribution in [0.4, 0.5) is 4.39 Å². The SMILES string of the molecule is Cc1cc(CN[C@H](C)c2cccc(Cl)c2)ccc1F. The smallest absolute Gasteiger partial charge is 0.126 e. The lowest BCUT2D eigenvalue weighted by atomic mass is 10.1. The van der Waals surface area contributed by atoms with Crippen LogP contribution < -0.4 is 5.32 Å². The minimum Gasteiger partial charge on any atom is -0.306 e. The summed E-state index contributed by atoms with van der Waals surface area (Å²) in [5, 5.41) is 4.15. The average Bonchev–Trinajstić information content (AvgIpc) is 2.40. The van der Waals surface area contributed by atoms with Gasteiger partial charge in [-0.15, -0.1) is 0 Å². The molecular weight excluding hydrogens is 261 g/mol. The molecule has 2 aromatic carbocycles. The van der Waals surface area contributed by atoms with Crippen LogP contribution in [0.1, 0.15) is 29.7 Å². The van der Waals surface area contributed by atoms with Gasteiger partial charge in [-0.2, -0.15) is 0 Å². The van der Waals surface area contributed by atoms with Gasteiger partial charge in [0.2, 0.25) is 0 Å². The third-order valence-corrected chi connectivity index (χ3v) is 3.42. The Labute approximate surface area is 118 Å². The molecule has 1 N–H and O–H groups in total. The van der Waals surface area contributed by atoms with E-state index in [9.17, 15) is 4.39 Å². The summed E-state index contributed by atoms with van der Waals surface area (Å²) in [4.78, 5) is 0. The Morgan fingerprint density at radius 2 is 2.00 bits per heavy atom. The quantitative estimate of drug-likeness (QED) is 0.858. The third kappa shape index (κ3) is 3.79. The Morgan fingerprint density at radius 1 is 1.21 bits per heavy atom. The molecule has 0 unspecified atom stereocenters. The van der Waals surface area contributed by atoms with E-state index in [1.807, 2.05) is 30.3 Å². The van der Waals surface area contributed by atoms with Gasteiger partial charge in [0.1, 0.15) is 5.82 Å². The molecule has 1 atom stereocenters. The second-order valence-electron chi connectivity index (χ2n) is 4.74. The van der Waals surface area contributed by atoms with Crippen LogP contribution in [0.15, 0.2) is 42.5 Å². The number of rotatable bonds is 4. The van der Waals surface area contributed by atoms with E-state index in [-0.39, 0.29) is 11.9 Å². The maximum absolute atomic E-state index is 13.2. The maximum atomic E-state index is 13.2. The number of nitrogens with one attached hydrogen (secondary N) is 1. The van der Waals surface area contributed by atoms with Gasteiger partial charge in [0, 0.05) is 17.6 Å². The molecule has 0 aliphatic carbocycles. The normalized spacial score (nSPS) is 12.4. The van der Waals surface area contributed by atoms with E-state index in [0.29, 0.717) is 12.1 Å². The molecule has 0 heterocycles. The van der Waals surface area contributed by atoms with Crippen LogP contribution in [0.2, 0.25) is 5.02 Å². The number of hydrogen-bond donors (Lipinski definition) is 1. The monoisotopic (exact) mass is 277 g/mol. The topological polar surface area (TPSA) is 12.0 Å². The predicted octanol–water partition coefficient (Wildman–Crippen LogP) is 4.64. The van der Waals surface area contributed by atoms with E-state index >= 15 is 0 Å². The van der Waals surface area contributed by atoms with Gasteiger partial charge >= 0.3 is 0 Å². The highest BCUT2D eigenvalue weighted by atomic mass is 35.5. The van der Waals surface area contributed by atoms with Crippen molar-refractivity contribution in [1.29, 1.82) is 0 Å². The zero-order valence-corrected chi connectivity index (χ0v) is 11.8. The van der Waals surface area contributed by atoms with Crippen molar-refractivity contribution in [3.63, 3.8) is 0 Å². The Bertz CT molecular complexity index is 568. The van der Waals surface area contributed by atoms with Crippen molar-refractivity contribution in [3.8, 4) is 0 Å². The molecular formula is C16H17ClFN. The van der Waals surface area contributed by atoms with Crippen molar-refractivity contribution in [1.82, 2.24) is 5.32 Å². The summed E-state index contributed by atoms with van der Waals surface area (Å²) in [6.07, 6.45) is 0. The molecule has 0 saturated carbocycles. The Kier molecular flexibility index (Phi) is 4.56. The van der Waals surface area contributed by atoms with Gasteiger partial charge in [-0.25, -0.2) is 4.39 Å². The minimum absolute atomic E-state index is 0.161. The molecule has 0 spiro atoms. The van der Waals surface area contributed by atoms with Crippen molar-refractivity contribution in [2.24, 2.45) is 0 Å². The summed E-state index contributed by atoms with van der Waals surface area (Å²) < 4.78 is 13.2. The van der Waals surface area contributed by atoms with E-state index in [0.717, 1.165) is 16.1 Å². The average molecular weight is 278 g/mol. The number of benzene rings is 2. The summed E-state index contributed by atoms with van der Waals surface area (Å²) in [5.74, 6) is -0.161. The Morgan fingerprint density at radius 3 is 2.68 bits per heavy atom. The lowest BCUT2D eigenvalue weighted by molar-refractivity contribution is 0.572. The zero-order valence-electron chi connectivity index (χ0n) is 11.1. The molecule has 0 aliphatic heterocycles. The molecule has 19 heavy (non-hydrogen) atoms. The number of hydrogen-bond acceptors (Lipinski definition) is 1. The number of aryl methyl sites for hydroxylation is 1. The molecule has 0 aromatic heterocycles. The van der Waals surface area contributed by atoms with E-state index in [1.54, 1.807) is 13.0 Å². The second kappa shape index (κ2) is 6.18. The third-order valence-electron chi connectivity index (χ3n) is 3.18. The second-order valence-corrected chi connectivity index (χ2v) is 5.18. The van der Waals surface area contributed by atoms with Crippen LogP contribution in [0.25, 0.3) is 0 Å². The van der Waals surface area contributed by atoms with Crippen molar-refractivity contribution in [2.45, 2.75) is 26.4 Å². The molecule has 100 valence electrons. The van der Waals surface area contributed by atoms with Gasteiger partial charge in [0.25, 0.3) is 0 Å². The number of halogens is 2. The zero-order chi connectivity index (χ0) is 13.8. The Hall–Kier alpha value is -1.38. The minimum atomic E-state index is -0.161. The van der Waals surface area contributed by atoms with Gasteiger partial charge in [0.15, 0.2) is 0 Å². The van der Waals surface area contributed by atoms with Crippen LogP contribution in [0.5, 0.6) is 0 Å². The summed E-state index contributed by atoms with van der Waals surface area (Å²) in [5.41, 5.74) is 2.90. The molecule has 2 rings (SSSR count). The van der Waals surface area contributed by atoms with Crippen molar-refractivity contribution in [3.05, 3.63) is 70.0 Å². The van der Waals surface area contributed by atoms with Crippen LogP contribution >= 0.6 is 11.6 Å². The molecule has 3 heteroatoms. The molecule has 0 amide bonds. The summed E-state index contributed by atoms with van der Waals surface area (Å²) in [7, 11) is 0. The van der Waals surface area contributed by atoms with Gasteiger partial charge < -0.3 is 5.32 Å². The maximum Gasteiger partial charge on any atom is 0.126 e. The van der Waals surface area contributed by atoms with Gasteiger partial charge in [0.05, 0.1) is 0 Å². The highest BCUT2D eigenvalue weighted by molar-refractivity contribution is 6.30. The van der Waals surface area contributed by atoms with Gasteiger partial charge in [-0.1, -0.05) is 35.9 Å². The molecule has 0 saturated heterocycles. The first-order valence-corrected chi connectivity index (χ1v) is 6.68. The summed E-state index contributed by atoms with van der Waals surface area (Å²) in [6.45, 7) is 4.57. The summed E-state index contributed by atoms with van der Waals surface area (Å²) in [6, 6.07) is 13.2. The molecule has 0 bridgehead atoms. The fourth-order valence-corrected chi connectivity index (χ4v) is 2.18. The predicted molar refractivity (Wildman–Crippen MR) is 77.8 cm³/mol. The fraction of sp³-hybridized carbons (Fsp3) is 0.250. The van der Waals surface area contributed by atoms with Crippen LogP contribution in [0, 0.1) is 12.7 Å². The fourth-order valence-electron chi connectivity index (χ4n) is 1.98. The first-order chi connectivity index (χ1) is 9.06. The van der Waals surface area contributed by atoms with Crippen molar-refractivity contribution in [2.75, 3.05) is 0 Å². The molecule has 0 radical (unpaired) electrons. The van der Waals surface area contributed by atoms with E-state index in [2.05, 4.69) is 12.2 Å². The highest BCUT2D eigenvalue weighted by Gasteiger charge is 2.06. The summed E-state index contributed by atoms with van der Waals surface area (Å²) >= 11 is 5.97. The Balaban J connectivity index is 2.00. The first-order valence-electron chi connectivity index (χ1n) is 6.30. The molecule has 1 nitrogen and oxygen atoms in total. The lowest BCUT2D eigenvalue weighted by Crippen LogP contribution is -2.18. The van der Waals surface area contributed by atoms with Gasteiger partial charge in [-0.3, -0.25) is 0 Å². The first kappa shape index (κ1) is 14.0. The highest BCUT2D eigenvalue weighted by Crippen LogP contribution is 2.18. The molecule has 0 fully saturated rings. The van der Waals surface area contributed by atoms with Crippen molar-refractivity contribution >= 4 is 11.6 Å². The van der Waals surface area contributed by atoms with Crippen LogP contribution in [0.3, 0.4) is 0 Å². The van der Waals surface area contributed by atoms with Crippen LogP contribution in [-0.4, -0.2) is 0 Å². The van der Waals surface area contributed by atoms with Gasteiger partial charge in [-0.05, 0) is 48.7 Å². The van der Waals surface area contributed by atoms with E-state index in [1.165, 1.54) is 6.07 Å².